The quantitative estimate of drug-likeness (QED) is 0.454. The molecule has 13 heavy (non-hydrogen) atoms. The molecule has 2 heteroatoms. The second kappa shape index (κ2) is 4.01. The lowest BCUT2D eigenvalue weighted by molar-refractivity contribution is 0.460. The minimum Gasteiger partial charge on any atom is -0.267 e. The Morgan fingerprint density at radius 2 is 2.46 bits per heavy atom. The van der Waals surface area contributed by atoms with Crippen molar-refractivity contribution in [2.75, 3.05) is 0 Å². The van der Waals surface area contributed by atoms with Gasteiger partial charge in [0.25, 0.3) is 0 Å². The number of rotatable bonds is 2. The van der Waals surface area contributed by atoms with Crippen LogP contribution in [0.5, 0.6) is 0 Å². The minimum absolute atomic E-state index is 0.0905. The van der Waals surface area contributed by atoms with Crippen molar-refractivity contribution in [1.29, 1.82) is 0 Å². The van der Waals surface area contributed by atoms with Crippen molar-refractivity contribution in [3.63, 3.8) is 0 Å². The van der Waals surface area contributed by atoms with E-state index in [-0.39, 0.29) is 5.41 Å². The van der Waals surface area contributed by atoms with Crippen LogP contribution < -0.4 is 0 Å². The molecule has 0 aromatic heterocycles. The van der Waals surface area contributed by atoms with E-state index in [2.05, 4.69) is 36.1 Å². The van der Waals surface area contributed by atoms with Crippen molar-refractivity contribution in [3.8, 4) is 0 Å². The van der Waals surface area contributed by atoms with Crippen LogP contribution in [0, 0.1) is 5.41 Å². The van der Waals surface area contributed by atoms with Crippen molar-refractivity contribution in [2.45, 2.75) is 20.3 Å². The van der Waals surface area contributed by atoms with Gasteiger partial charge in [0.05, 0.1) is 5.70 Å². The third-order valence-electron chi connectivity index (χ3n) is 2.00. The molecule has 0 aromatic carbocycles. The molecule has 0 spiro atoms. The van der Waals surface area contributed by atoms with Crippen LogP contribution in [0.1, 0.15) is 20.3 Å². The molecular formula is C11H14N2. The summed E-state index contributed by atoms with van der Waals surface area (Å²) in [5, 5.41) is 0. The summed E-state index contributed by atoms with van der Waals surface area (Å²) in [5.41, 5.74) is 3.74. The van der Waals surface area contributed by atoms with E-state index in [9.17, 15) is 0 Å². The average Bonchev–Trinajstić information content (AvgIpc) is 2.08. The monoisotopic (exact) mass is 174 g/mol. The van der Waals surface area contributed by atoms with E-state index in [0.717, 1.165) is 12.1 Å². The molecule has 0 bridgehead atoms. The fourth-order valence-corrected chi connectivity index (χ4v) is 1.06. The Morgan fingerprint density at radius 3 is 3.08 bits per heavy atom. The van der Waals surface area contributed by atoms with Crippen molar-refractivity contribution in [3.05, 3.63) is 30.3 Å². The van der Waals surface area contributed by atoms with Crippen LogP contribution in [0.2, 0.25) is 0 Å². The molecule has 1 heterocycles. The standard InChI is InChI=1S/C11H14N2/c1-4-5-7-13-10-9-12-8-6-11(10,2)3/h5,7-9H,1,6H2,2-3H3/b13-7-. The highest BCUT2D eigenvalue weighted by atomic mass is 14.8. The topological polar surface area (TPSA) is 24.7 Å². The predicted octanol–water partition coefficient (Wildman–Crippen LogP) is 2.74. The molecule has 1 aliphatic heterocycles. The van der Waals surface area contributed by atoms with Gasteiger partial charge in [-0.2, -0.15) is 0 Å². The molecule has 0 radical (unpaired) electrons. The van der Waals surface area contributed by atoms with Crippen LogP contribution in [-0.4, -0.2) is 12.4 Å². The Morgan fingerprint density at radius 1 is 1.69 bits per heavy atom. The molecule has 2 nitrogen and oxygen atoms in total. The zero-order chi connectivity index (χ0) is 9.73. The molecule has 0 N–H and O–H groups in total. The lowest BCUT2D eigenvalue weighted by atomic mass is 9.85. The van der Waals surface area contributed by atoms with Crippen molar-refractivity contribution in [2.24, 2.45) is 15.4 Å². The Kier molecular flexibility index (Phi) is 2.99. The summed E-state index contributed by atoms with van der Waals surface area (Å²) in [6.45, 7) is 7.76. The summed E-state index contributed by atoms with van der Waals surface area (Å²) >= 11 is 0. The predicted molar refractivity (Wildman–Crippen MR) is 57.2 cm³/mol. The Labute approximate surface area is 79.1 Å². The number of allylic oxidation sites excluding steroid dienone is 2. The maximum Gasteiger partial charge on any atom is 0.0645 e. The number of hydrogen-bond acceptors (Lipinski definition) is 2. The van der Waals surface area contributed by atoms with Gasteiger partial charge in [-0.3, -0.25) is 9.98 Å². The highest BCUT2D eigenvalue weighted by Gasteiger charge is 2.23. The van der Waals surface area contributed by atoms with E-state index in [1.807, 2.05) is 6.21 Å². The molecule has 0 fully saturated rings. The highest BCUT2D eigenvalue weighted by molar-refractivity contribution is 5.72. The first-order valence-corrected chi connectivity index (χ1v) is 4.27. The van der Waals surface area contributed by atoms with Crippen molar-refractivity contribution in [1.82, 2.24) is 0 Å². The van der Waals surface area contributed by atoms with Crippen LogP contribution in [0.3, 0.4) is 0 Å². The molecule has 0 aromatic rings. The highest BCUT2D eigenvalue weighted by Crippen LogP contribution is 2.32. The van der Waals surface area contributed by atoms with Gasteiger partial charge in [0, 0.05) is 24.0 Å². The second-order valence-corrected chi connectivity index (χ2v) is 3.58. The molecule has 1 aliphatic rings. The first-order chi connectivity index (χ1) is 6.17. The fraction of sp³-hybridized carbons (Fsp3) is 0.364. The Balaban J connectivity index is 2.82. The van der Waals surface area contributed by atoms with Gasteiger partial charge in [-0.05, 0) is 12.5 Å². The van der Waals surface area contributed by atoms with Gasteiger partial charge < -0.3 is 0 Å². The minimum atomic E-state index is 0.0905. The first kappa shape index (κ1) is 9.69. The summed E-state index contributed by atoms with van der Waals surface area (Å²) in [7, 11) is 0. The van der Waals surface area contributed by atoms with Gasteiger partial charge in [-0.25, -0.2) is 0 Å². The van der Waals surface area contributed by atoms with E-state index in [4.69, 9.17) is 0 Å². The second-order valence-electron chi connectivity index (χ2n) is 3.58. The molecular weight excluding hydrogens is 160 g/mol. The van der Waals surface area contributed by atoms with Gasteiger partial charge >= 0.3 is 0 Å². The molecule has 0 unspecified atom stereocenters. The maximum absolute atomic E-state index is 4.29. The summed E-state index contributed by atoms with van der Waals surface area (Å²) in [4.78, 5) is 8.37. The molecule has 0 atom stereocenters. The zero-order valence-electron chi connectivity index (χ0n) is 8.12. The lowest BCUT2D eigenvalue weighted by Gasteiger charge is -2.24. The average molecular weight is 174 g/mol. The summed E-state index contributed by atoms with van der Waals surface area (Å²) < 4.78 is 0. The van der Waals surface area contributed by atoms with Crippen LogP contribution in [0.25, 0.3) is 0 Å². The zero-order valence-corrected chi connectivity index (χ0v) is 8.12. The number of aliphatic imine (C=N–C) groups is 2. The molecule has 0 amide bonds. The van der Waals surface area contributed by atoms with Crippen LogP contribution in [0.15, 0.2) is 40.3 Å². The first-order valence-electron chi connectivity index (χ1n) is 4.27. The van der Waals surface area contributed by atoms with Crippen LogP contribution >= 0.6 is 0 Å². The van der Waals surface area contributed by atoms with Gasteiger partial charge in [-0.1, -0.05) is 20.4 Å². The lowest BCUT2D eigenvalue weighted by Crippen LogP contribution is -2.16. The van der Waals surface area contributed by atoms with Gasteiger partial charge in [-0.15, -0.1) is 5.73 Å². The number of nitrogens with zero attached hydrogens (tertiary/aromatic N) is 2. The van der Waals surface area contributed by atoms with Gasteiger partial charge in [0.2, 0.25) is 0 Å². The van der Waals surface area contributed by atoms with E-state index in [1.54, 1.807) is 18.5 Å². The van der Waals surface area contributed by atoms with Crippen LogP contribution in [0.4, 0.5) is 0 Å². The largest absolute Gasteiger partial charge is 0.267 e. The Bertz CT molecular complexity index is 313. The number of hydrogen-bond donors (Lipinski definition) is 0. The van der Waals surface area contributed by atoms with Gasteiger partial charge in [0.1, 0.15) is 0 Å². The fourth-order valence-electron chi connectivity index (χ4n) is 1.06. The SMILES string of the molecule is C=C=C/C=N\C1=CN=CCC1(C)C. The molecule has 0 saturated heterocycles. The third kappa shape index (κ3) is 2.53. The van der Waals surface area contributed by atoms with Crippen molar-refractivity contribution >= 4 is 12.4 Å². The van der Waals surface area contributed by atoms with E-state index in [1.165, 1.54) is 0 Å². The van der Waals surface area contributed by atoms with E-state index < -0.39 is 0 Å². The normalized spacial score (nSPS) is 19.7. The smallest absolute Gasteiger partial charge is 0.0645 e. The molecule has 1 rings (SSSR count). The molecule has 0 aliphatic carbocycles. The Hall–Kier alpha value is -1.40. The summed E-state index contributed by atoms with van der Waals surface area (Å²) in [5.74, 6) is 0. The van der Waals surface area contributed by atoms with E-state index in [0.29, 0.717) is 0 Å². The third-order valence-corrected chi connectivity index (χ3v) is 2.00. The summed E-state index contributed by atoms with van der Waals surface area (Å²) in [6, 6.07) is 0. The maximum atomic E-state index is 4.29. The molecule has 0 saturated carbocycles. The van der Waals surface area contributed by atoms with Gasteiger partial charge in [0.15, 0.2) is 0 Å². The van der Waals surface area contributed by atoms with E-state index >= 15 is 0 Å². The summed E-state index contributed by atoms with van der Waals surface area (Å²) in [6.07, 6.45) is 8.05. The molecule has 68 valence electrons. The van der Waals surface area contributed by atoms with Crippen molar-refractivity contribution < 1.29 is 0 Å². The van der Waals surface area contributed by atoms with Crippen LogP contribution in [-0.2, 0) is 0 Å².